The fourth-order valence-electron chi connectivity index (χ4n) is 4.45. The van der Waals surface area contributed by atoms with Gasteiger partial charge in [0.05, 0.1) is 10.0 Å². The minimum Gasteiger partial charge on any atom is -0.438 e. The van der Waals surface area contributed by atoms with Crippen LogP contribution in [0.5, 0.6) is 11.6 Å². The first kappa shape index (κ1) is 27.7. The summed E-state index contributed by atoms with van der Waals surface area (Å²) in [5, 5.41) is 6.91. The molecule has 2 N–H and O–H groups in total. The van der Waals surface area contributed by atoms with Crippen LogP contribution in [-0.2, 0) is 0 Å². The first-order valence-corrected chi connectivity index (χ1v) is 13.7. The predicted octanol–water partition coefficient (Wildman–Crippen LogP) is 6.94. The van der Waals surface area contributed by atoms with E-state index in [9.17, 15) is 4.79 Å². The Morgan fingerprint density at radius 1 is 0.925 bits per heavy atom. The van der Waals surface area contributed by atoms with Crippen LogP contribution in [0.2, 0.25) is 10.0 Å². The Kier molecular flexibility index (Phi) is 8.40. The molecular weight excluding hydrogens is 547 g/mol. The average molecular weight is 578 g/mol. The van der Waals surface area contributed by atoms with Gasteiger partial charge in [-0.3, -0.25) is 4.79 Å². The first-order chi connectivity index (χ1) is 19.3. The molecule has 8 nitrogen and oxygen atoms in total. The van der Waals surface area contributed by atoms with Gasteiger partial charge in [0.25, 0.3) is 5.91 Å². The highest BCUT2D eigenvalue weighted by Crippen LogP contribution is 2.32. The lowest BCUT2D eigenvalue weighted by Gasteiger charge is -2.34. The molecule has 2 heterocycles. The van der Waals surface area contributed by atoms with Crippen molar-refractivity contribution in [1.82, 2.24) is 14.9 Å². The van der Waals surface area contributed by atoms with Crippen molar-refractivity contribution < 1.29 is 9.53 Å². The van der Waals surface area contributed by atoms with Crippen molar-refractivity contribution in [3.05, 3.63) is 93.6 Å². The molecule has 1 fully saturated rings. The van der Waals surface area contributed by atoms with Gasteiger partial charge in [-0.25, -0.2) is 4.98 Å². The van der Waals surface area contributed by atoms with E-state index in [4.69, 9.17) is 27.9 Å². The fourth-order valence-corrected chi connectivity index (χ4v) is 4.74. The number of hydrogen-bond acceptors (Lipinski definition) is 7. The molecule has 1 aliphatic heterocycles. The van der Waals surface area contributed by atoms with Gasteiger partial charge in [0, 0.05) is 55.5 Å². The smallest absolute Gasteiger partial charge is 0.262 e. The standard InChI is InChI=1S/C30H30Cl2N6O2/c1-19-5-4-6-20(2)27(19)35-28(39)24-18-33-30(36-29(24)40-23-11-12-25(31)26(32)17-23)34-21-7-9-22(10-8-21)38-15-13-37(3)14-16-38/h4-12,17-18H,13-16H2,1-3H3,(H,35,39)(H,33,34,36). The Bertz CT molecular complexity index is 1500. The Labute approximate surface area is 243 Å². The number of aromatic nitrogens is 2. The van der Waals surface area contributed by atoms with Gasteiger partial charge in [-0.1, -0.05) is 41.4 Å². The summed E-state index contributed by atoms with van der Waals surface area (Å²) >= 11 is 12.3. The number of amides is 1. The van der Waals surface area contributed by atoms with Gasteiger partial charge in [-0.15, -0.1) is 0 Å². The number of benzene rings is 3. The number of piperazine rings is 1. The Balaban J connectivity index is 1.40. The molecule has 206 valence electrons. The maximum absolute atomic E-state index is 13.4. The van der Waals surface area contributed by atoms with Crippen LogP contribution in [0, 0.1) is 13.8 Å². The summed E-state index contributed by atoms with van der Waals surface area (Å²) < 4.78 is 6.04. The van der Waals surface area contributed by atoms with Crippen LogP contribution in [-0.4, -0.2) is 54.0 Å². The monoisotopic (exact) mass is 576 g/mol. The van der Waals surface area contributed by atoms with Crippen LogP contribution in [0.3, 0.4) is 0 Å². The summed E-state index contributed by atoms with van der Waals surface area (Å²) in [5.41, 5.74) is 4.77. The van der Waals surface area contributed by atoms with E-state index in [0.29, 0.717) is 15.8 Å². The summed E-state index contributed by atoms with van der Waals surface area (Å²) in [4.78, 5) is 27.0. The molecular formula is C30H30Cl2N6O2. The largest absolute Gasteiger partial charge is 0.438 e. The predicted molar refractivity (Wildman–Crippen MR) is 162 cm³/mol. The zero-order valence-corrected chi connectivity index (χ0v) is 24.1. The van der Waals surface area contributed by atoms with Crippen molar-refractivity contribution in [2.75, 3.05) is 48.8 Å². The number of nitrogens with zero attached hydrogens (tertiary/aromatic N) is 4. The maximum atomic E-state index is 13.4. The Hall–Kier alpha value is -3.85. The molecule has 3 aromatic carbocycles. The summed E-state index contributed by atoms with van der Waals surface area (Å²) in [5.74, 6) is 0.354. The third-order valence-electron chi connectivity index (χ3n) is 6.82. The van der Waals surface area contributed by atoms with Crippen LogP contribution in [0.25, 0.3) is 0 Å². The zero-order chi connectivity index (χ0) is 28.2. The number of para-hydroxylation sites is 1. The Morgan fingerprint density at radius 3 is 2.30 bits per heavy atom. The number of nitrogens with one attached hydrogen (secondary N) is 2. The molecule has 0 atom stereocenters. The molecule has 1 saturated heterocycles. The summed E-state index contributed by atoms with van der Waals surface area (Å²) in [6.07, 6.45) is 1.45. The van der Waals surface area contributed by atoms with E-state index in [1.165, 1.54) is 11.9 Å². The third-order valence-corrected chi connectivity index (χ3v) is 7.55. The van der Waals surface area contributed by atoms with Gasteiger partial charge in [-0.05, 0) is 68.4 Å². The summed E-state index contributed by atoms with van der Waals surface area (Å²) in [7, 11) is 2.14. The molecule has 0 radical (unpaired) electrons. The average Bonchev–Trinajstić information content (AvgIpc) is 2.94. The van der Waals surface area contributed by atoms with E-state index in [1.807, 2.05) is 44.2 Å². The van der Waals surface area contributed by atoms with Crippen molar-refractivity contribution in [2.24, 2.45) is 0 Å². The van der Waals surface area contributed by atoms with Gasteiger partial charge in [0.2, 0.25) is 11.8 Å². The molecule has 0 saturated carbocycles. The highest BCUT2D eigenvalue weighted by Gasteiger charge is 2.20. The second-order valence-electron chi connectivity index (χ2n) is 9.77. The highest BCUT2D eigenvalue weighted by atomic mass is 35.5. The van der Waals surface area contributed by atoms with Gasteiger partial charge in [0.15, 0.2) is 0 Å². The van der Waals surface area contributed by atoms with E-state index in [2.05, 4.69) is 49.6 Å². The molecule has 10 heteroatoms. The quantitative estimate of drug-likeness (QED) is 0.246. The minimum absolute atomic E-state index is 0.0775. The number of halogens is 2. The van der Waals surface area contributed by atoms with E-state index in [1.54, 1.807) is 18.2 Å². The van der Waals surface area contributed by atoms with E-state index < -0.39 is 5.91 Å². The van der Waals surface area contributed by atoms with Gasteiger partial charge < -0.3 is 25.2 Å². The highest BCUT2D eigenvalue weighted by molar-refractivity contribution is 6.42. The second-order valence-corrected chi connectivity index (χ2v) is 10.6. The fraction of sp³-hybridized carbons (Fsp3) is 0.233. The van der Waals surface area contributed by atoms with Crippen molar-refractivity contribution >= 4 is 52.1 Å². The molecule has 40 heavy (non-hydrogen) atoms. The molecule has 1 aliphatic rings. The number of anilines is 4. The molecule has 4 aromatic rings. The molecule has 0 aliphatic carbocycles. The van der Waals surface area contributed by atoms with Crippen LogP contribution in [0.1, 0.15) is 21.5 Å². The summed E-state index contributed by atoms with van der Waals surface area (Å²) in [6.45, 7) is 7.95. The van der Waals surface area contributed by atoms with Gasteiger partial charge >= 0.3 is 0 Å². The van der Waals surface area contributed by atoms with Crippen molar-refractivity contribution in [1.29, 1.82) is 0 Å². The molecule has 5 rings (SSSR count). The number of carbonyl (C=O) groups excluding carboxylic acids is 1. The maximum Gasteiger partial charge on any atom is 0.262 e. The number of aryl methyl sites for hydroxylation is 2. The lowest BCUT2D eigenvalue weighted by atomic mass is 10.1. The molecule has 0 unspecified atom stereocenters. The van der Waals surface area contributed by atoms with Crippen molar-refractivity contribution in [3.63, 3.8) is 0 Å². The molecule has 1 amide bonds. The normalized spacial score (nSPS) is 13.7. The zero-order valence-electron chi connectivity index (χ0n) is 22.5. The lowest BCUT2D eigenvalue weighted by Crippen LogP contribution is -2.44. The summed E-state index contributed by atoms with van der Waals surface area (Å²) in [6, 6.07) is 18.8. The number of carbonyl (C=O) groups is 1. The number of ether oxygens (including phenoxy) is 1. The number of rotatable bonds is 7. The second kappa shape index (κ2) is 12.1. The molecule has 0 spiro atoms. The van der Waals surface area contributed by atoms with Gasteiger partial charge in [0.1, 0.15) is 11.3 Å². The first-order valence-electron chi connectivity index (χ1n) is 12.9. The Morgan fingerprint density at radius 2 is 1.62 bits per heavy atom. The third kappa shape index (κ3) is 6.47. The van der Waals surface area contributed by atoms with E-state index in [-0.39, 0.29) is 17.4 Å². The van der Waals surface area contributed by atoms with Crippen molar-refractivity contribution in [3.8, 4) is 11.6 Å². The van der Waals surface area contributed by atoms with Crippen LogP contribution >= 0.6 is 23.2 Å². The lowest BCUT2D eigenvalue weighted by molar-refractivity contribution is 0.102. The molecule has 0 bridgehead atoms. The van der Waals surface area contributed by atoms with Crippen LogP contribution in [0.4, 0.5) is 23.0 Å². The van der Waals surface area contributed by atoms with Gasteiger partial charge in [-0.2, -0.15) is 4.98 Å². The van der Waals surface area contributed by atoms with Crippen LogP contribution < -0.4 is 20.3 Å². The van der Waals surface area contributed by atoms with E-state index >= 15 is 0 Å². The van der Waals surface area contributed by atoms with Crippen molar-refractivity contribution in [2.45, 2.75) is 13.8 Å². The SMILES string of the molecule is Cc1cccc(C)c1NC(=O)c1cnc(Nc2ccc(N3CCN(C)CC3)cc2)nc1Oc1ccc(Cl)c(Cl)c1. The van der Waals surface area contributed by atoms with E-state index in [0.717, 1.165) is 48.7 Å². The number of likely N-dealkylation sites (N-methyl/N-ethyl adjacent to an activating group) is 1. The number of hydrogen-bond donors (Lipinski definition) is 2. The molecule has 1 aromatic heterocycles. The minimum atomic E-state index is -0.393. The topological polar surface area (TPSA) is 82.6 Å². The van der Waals surface area contributed by atoms with Crippen LogP contribution in [0.15, 0.2) is 66.9 Å².